The smallest absolute Gasteiger partial charge is 0.173 e. The van der Waals surface area contributed by atoms with Crippen LogP contribution in [0.25, 0.3) is 0 Å². The summed E-state index contributed by atoms with van der Waals surface area (Å²) in [5.74, 6) is 0.884. The highest BCUT2D eigenvalue weighted by molar-refractivity contribution is 5.97. The fourth-order valence-corrected chi connectivity index (χ4v) is 7.88. The second kappa shape index (κ2) is 8.38. The number of oxime groups is 1. The number of carbonyl (C=O) groups is 1. The summed E-state index contributed by atoms with van der Waals surface area (Å²) in [6.45, 7) is 12.8. The number of carbonyl (C=O) groups excluding carboxylic acids is 1. The molecule has 5 aliphatic rings. The number of likely N-dealkylation sites (tertiary alicyclic amines) is 1. The molecule has 0 radical (unpaired) electrons. The summed E-state index contributed by atoms with van der Waals surface area (Å²) >= 11 is 0. The molecule has 6 atom stereocenters. The van der Waals surface area contributed by atoms with Crippen molar-refractivity contribution in [2.24, 2.45) is 33.7 Å². The Kier molecular flexibility index (Phi) is 5.84. The van der Waals surface area contributed by atoms with Gasteiger partial charge in [-0.1, -0.05) is 37.6 Å². The fraction of sp³-hybridized carbons (Fsp3) is 0.778. The van der Waals surface area contributed by atoms with E-state index >= 15 is 0 Å². The molecule has 1 aliphatic heterocycles. The first-order valence-corrected chi connectivity index (χ1v) is 12.8. The van der Waals surface area contributed by atoms with Crippen molar-refractivity contribution in [1.82, 2.24) is 4.90 Å². The lowest BCUT2D eigenvalue weighted by Gasteiger charge is -2.57. The normalized spacial score (nSPS) is 43.5. The van der Waals surface area contributed by atoms with Gasteiger partial charge in [-0.2, -0.15) is 0 Å². The lowest BCUT2D eigenvalue weighted by atomic mass is 9.47. The van der Waals surface area contributed by atoms with Crippen molar-refractivity contribution in [1.29, 1.82) is 0 Å². The number of hydrogen-bond acceptors (Lipinski definition) is 4. The highest BCUT2D eigenvalue weighted by Crippen LogP contribution is 2.65. The zero-order valence-electron chi connectivity index (χ0n) is 19.9. The van der Waals surface area contributed by atoms with E-state index in [1.54, 1.807) is 0 Å². The predicted molar refractivity (Wildman–Crippen MR) is 125 cm³/mol. The molecule has 176 valence electrons. The van der Waals surface area contributed by atoms with Gasteiger partial charge in [-0.05, 0) is 99.3 Å². The molecule has 0 N–H and O–H groups in total. The molecule has 4 nitrogen and oxygen atoms in total. The third kappa shape index (κ3) is 3.59. The molecule has 4 aliphatic carbocycles. The van der Waals surface area contributed by atoms with Crippen LogP contribution in [-0.4, -0.2) is 48.8 Å². The van der Waals surface area contributed by atoms with Gasteiger partial charge in [-0.25, -0.2) is 4.39 Å². The van der Waals surface area contributed by atoms with Crippen LogP contribution in [-0.2, 0) is 9.63 Å². The van der Waals surface area contributed by atoms with Gasteiger partial charge in [0.1, 0.15) is 6.61 Å². The van der Waals surface area contributed by atoms with Crippen LogP contribution in [0.5, 0.6) is 0 Å². The van der Waals surface area contributed by atoms with E-state index < -0.39 is 11.6 Å². The molecule has 4 fully saturated rings. The van der Waals surface area contributed by atoms with E-state index in [0.717, 1.165) is 49.9 Å². The standard InChI is InChI=1S/C27H39FN2O2/c1-18-15-20-21(8-10-27(3)23(20)17-24(28)25(27)31)26(2)9-7-19(16-22(18)26)29-32-14-13-30-11-5-4-6-12-30/h16,20-21,23-24H,1,4-15,17H2,2-3H3/t20?,21?,23?,24?,26-,27+/m1/s1. The van der Waals surface area contributed by atoms with Crippen LogP contribution in [0.1, 0.15) is 71.6 Å². The maximum atomic E-state index is 14.5. The van der Waals surface area contributed by atoms with E-state index in [1.165, 1.54) is 37.9 Å². The van der Waals surface area contributed by atoms with E-state index in [1.807, 2.05) is 6.92 Å². The third-order valence-corrected chi connectivity index (χ3v) is 9.77. The van der Waals surface area contributed by atoms with Crippen molar-refractivity contribution in [3.63, 3.8) is 0 Å². The fourth-order valence-electron chi connectivity index (χ4n) is 7.88. The number of fused-ring (bicyclic) bond motifs is 5. The molecule has 0 aromatic carbocycles. The monoisotopic (exact) mass is 442 g/mol. The highest BCUT2D eigenvalue weighted by atomic mass is 19.1. The molecule has 5 heteroatoms. The number of rotatable bonds is 4. The molecule has 0 bridgehead atoms. The second-order valence-corrected chi connectivity index (χ2v) is 11.5. The lowest BCUT2D eigenvalue weighted by molar-refractivity contribution is -0.134. The maximum absolute atomic E-state index is 14.5. The Morgan fingerprint density at radius 1 is 1.19 bits per heavy atom. The van der Waals surface area contributed by atoms with Gasteiger partial charge in [0.25, 0.3) is 0 Å². The maximum Gasteiger partial charge on any atom is 0.173 e. The van der Waals surface area contributed by atoms with Crippen LogP contribution in [0.2, 0.25) is 0 Å². The van der Waals surface area contributed by atoms with Gasteiger partial charge >= 0.3 is 0 Å². The van der Waals surface area contributed by atoms with Crippen molar-refractivity contribution in [2.75, 3.05) is 26.2 Å². The Morgan fingerprint density at radius 3 is 2.75 bits per heavy atom. The van der Waals surface area contributed by atoms with Gasteiger partial charge < -0.3 is 4.84 Å². The Bertz CT molecular complexity index is 845. The number of alkyl halides is 1. The number of nitrogens with zero attached hydrogens (tertiary/aromatic N) is 2. The molecule has 4 unspecified atom stereocenters. The quantitative estimate of drug-likeness (QED) is 0.427. The van der Waals surface area contributed by atoms with Crippen LogP contribution < -0.4 is 0 Å². The summed E-state index contributed by atoms with van der Waals surface area (Å²) in [5.41, 5.74) is 3.09. The Morgan fingerprint density at radius 2 is 1.97 bits per heavy atom. The van der Waals surface area contributed by atoms with Gasteiger partial charge in [0.15, 0.2) is 12.0 Å². The molecular formula is C27H39FN2O2. The summed E-state index contributed by atoms with van der Waals surface area (Å²) in [6, 6.07) is 0. The molecule has 32 heavy (non-hydrogen) atoms. The minimum atomic E-state index is -1.27. The van der Waals surface area contributed by atoms with Crippen molar-refractivity contribution < 1.29 is 14.0 Å². The summed E-state index contributed by atoms with van der Waals surface area (Å²) in [6.07, 6.45) is 9.98. The number of hydrogen-bond donors (Lipinski definition) is 0. The number of ketones is 1. The van der Waals surface area contributed by atoms with Crippen LogP contribution in [0.15, 0.2) is 29.0 Å². The van der Waals surface area contributed by atoms with Gasteiger partial charge in [0.2, 0.25) is 0 Å². The van der Waals surface area contributed by atoms with E-state index in [2.05, 4.69) is 29.6 Å². The van der Waals surface area contributed by atoms with Gasteiger partial charge in [0.05, 0.1) is 5.71 Å². The zero-order chi connectivity index (χ0) is 22.5. The molecule has 0 spiro atoms. The average molecular weight is 443 g/mol. The summed E-state index contributed by atoms with van der Waals surface area (Å²) in [5, 5.41) is 4.49. The van der Waals surface area contributed by atoms with E-state index in [0.29, 0.717) is 24.9 Å². The van der Waals surface area contributed by atoms with Crippen molar-refractivity contribution in [3.05, 3.63) is 23.8 Å². The van der Waals surface area contributed by atoms with Crippen molar-refractivity contribution in [3.8, 4) is 0 Å². The number of halogens is 1. The van der Waals surface area contributed by atoms with Gasteiger partial charge in [0, 0.05) is 12.0 Å². The summed E-state index contributed by atoms with van der Waals surface area (Å²) in [7, 11) is 0. The first-order chi connectivity index (χ1) is 15.3. The topological polar surface area (TPSA) is 41.9 Å². The van der Waals surface area contributed by atoms with Gasteiger partial charge in [-0.15, -0.1) is 0 Å². The first-order valence-electron chi connectivity index (χ1n) is 12.8. The van der Waals surface area contributed by atoms with Crippen molar-refractivity contribution in [2.45, 2.75) is 77.8 Å². The molecular weight excluding hydrogens is 403 g/mol. The van der Waals surface area contributed by atoms with Crippen LogP contribution in [0.4, 0.5) is 4.39 Å². The number of piperidine rings is 1. The second-order valence-electron chi connectivity index (χ2n) is 11.5. The molecule has 5 rings (SSSR count). The summed E-state index contributed by atoms with van der Waals surface area (Å²) < 4.78 is 14.5. The molecule has 0 aromatic heterocycles. The Labute approximate surface area is 192 Å². The summed E-state index contributed by atoms with van der Waals surface area (Å²) in [4.78, 5) is 20.8. The predicted octanol–water partition coefficient (Wildman–Crippen LogP) is 5.49. The molecule has 1 heterocycles. The molecule has 0 amide bonds. The average Bonchev–Trinajstić information content (AvgIpc) is 3.02. The highest BCUT2D eigenvalue weighted by Gasteiger charge is 2.62. The van der Waals surface area contributed by atoms with Gasteiger partial charge in [-0.3, -0.25) is 9.69 Å². The zero-order valence-corrected chi connectivity index (χ0v) is 19.9. The van der Waals surface area contributed by atoms with E-state index in [9.17, 15) is 9.18 Å². The first kappa shape index (κ1) is 22.3. The largest absolute Gasteiger partial charge is 0.394 e. The SMILES string of the molecule is C=C1CC2C(CC[C@]3(C)C(=O)C(F)CC23)[C@@]2(C)CCC(=NOCCN3CCCCC3)C=C12. The minimum Gasteiger partial charge on any atom is -0.394 e. The molecule has 1 saturated heterocycles. The van der Waals surface area contributed by atoms with Crippen molar-refractivity contribution >= 4 is 11.5 Å². The Hall–Kier alpha value is -1.49. The van der Waals surface area contributed by atoms with E-state index in [4.69, 9.17) is 4.84 Å². The Balaban J connectivity index is 1.29. The van der Waals surface area contributed by atoms with Crippen LogP contribution in [0.3, 0.4) is 0 Å². The van der Waals surface area contributed by atoms with Crippen LogP contribution >= 0.6 is 0 Å². The minimum absolute atomic E-state index is 0.0472. The molecule has 3 saturated carbocycles. The lowest BCUT2D eigenvalue weighted by Crippen LogP contribution is -2.51. The van der Waals surface area contributed by atoms with Crippen LogP contribution in [0, 0.1) is 28.6 Å². The molecule has 0 aromatic rings. The van der Waals surface area contributed by atoms with E-state index in [-0.39, 0.29) is 17.1 Å². The number of allylic oxidation sites excluding steroid dienone is 3. The third-order valence-electron chi connectivity index (χ3n) is 9.77. The number of Topliss-reactive ketones (excluding diaryl/α,β-unsaturated/α-hetero) is 1.